The molecule has 3 aromatic rings. The van der Waals surface area contributed by atoms with Gasteiger partial charge in [0.15, 0.2) is 0 Å². The van der Waals surface area contributed by atoms with Crippen LogP contribution in [0.2, 0.25) is 5.02 Å². The van der Waals surface area contributed by atoms with E-state index >= 15 is 0 Å². The van der Waals surface area contributed by atoms with Crippen molar-refractivity contribution in [3.05, 3.63) is 59.7 Å². The fourth-order valence-electron chi connectivity index (χ4n) is 2.19. The number of benzene rings is 1. The van der Waals surface area contributed by atoms with Gasteiger partial charge in [-0.2, -0.15) is 0 Å². The van der Waals surface area contributed by atoms with Crippen LogP contribution in [0, 0.1) is 5.82 Å². The molecule has 0 radical (unpaired) electrons. The van der Waals surface area contributed by atoms with Crippen LogP contribution >= 0.6 is 11.6 Å². The van der Waals surface area contributed by atoms with Gasteiger partial charge in [0.25, 0.3) is 6.47 Å². The Morgan fingerprint density at radius 3 is 2.79 bits per heavy atom. The van der Waals surface area contributed by atoms with Crippen molar-refractivity contribution in [2.75, 3.05) is 0 Å². The Hall–Kier alpha value is -2.67. The zero-order valence-corrected chi connectivity index (χ0v) is 13.7. The molecule has 2 heterocycles. The van der Waals surface area contributed by atoms with E-state index in [1.807, 2.05) is 21.5 Å². The van der Waals surface area contributed by atoms with Crippen molar-refractivity contribution in [3.63, 3.8) is 0 Å². The lowest BCUT2D eigenvalue weighted by Gasteiger charge is -2.08. The Balaban J connectivity index is 0.000000647. The Labute approximate surface area is 143 Å². The van der Waals surface area contributed by atoms with Crippen LogP contribution in [0.4, 0.5) is 4.39 Å². The Bertz CT molecular complexity index is 816. The minimum atomic E-state index is -0.334. The van der Waals surface area contributed by atoms with Gasteiger partial charge in [-0.25, -0.2) is 14.4 Å². The van der Waals surface area contributed by atoms with E-state index in [1.54, 1.807) is 12.5 Å². The highest BCUT2D eigenvalue weighted by Gasteiger charge is 2.12. The van der Waals surface area contributed by atoms with Gasteiger partial charge in [-0.1, -0.05) is 11.6 Å². The summed E-state index contributed by atoms with van der Waals surface area (Å²) in [4.78, 5) is 17.0. The summed E-state index contributed by atoms with van der Waals surface area (Å²) in [6, 6.07) is 4.27. The summed E-state index contributed by atoms with van der Waals surface area (Å²) in [5.74, 6) is 0.296. The average molecular weight is 351 g/mol. The predicted octanol–water partition coefficient (Wildman–Crippen LogP) is 3.31. The highest BCUT2D eigenvalue weighted by Crippen LogP contribution is 2.27. The number of nitrogens with zero attached hydrogens (tertiary/aromatic N) is 4. The van der Waals surface area contributed by atoms with Crippen LogP contribution < -0.4 is 0 Å². The van der Waals surface area contributed by atoms with Gasteiger partial charge in [0, 0.05) is 30.7 Å². The van der Waals surface area contributed by atoms with Crippen LogP contribution in [-0.2, 0) is 17.9 Å². The van der Waals surface area contributed by atoms with Gasteiger partial charge in [-0.3, -0.25) is 4.79 Å². The molecule has 2 aromatic heterocycles. The number of hydrogen-bond donors (Lipinski definition) is 1. The molecule has 0 aliphatic rings. The molecule has 6 nitrogen and oxygen atoms in total. The number of rotatable bonds is 4. The molecule has 8 heteroatoms. The fourth-order valence-corrected chi connectivity index (χ4v) is 2.39. The van der Waals surface area contributed by atoms with E-state index in [1.165, 1.54) is 18.2 Å². The first-order chi connectivity index (χ1) is 11.6. The summed E-state index contributed by atoms with van der Waals surface area (Å²) >= 11 is 6.15. The van der Waals surface area contributed by atoms with Gasteiger partial charge in [0.05, 0.1) is 23.6 Å². The van der Waals surface area contributed by atoms with Crippen LogP contribution in [0.15, 0.2) is 43.1 Å². The molecule has 0 unspecified atom stereocenters. The summed E-state index contributed by atoms with van der Waals surface area (Å²) in [7, 11) is 0. The summed E-state index contributed by atoms with van der Waals surface area (Å²) < 4.78 is 17.3. The average Bonchev–Trinajstić information content (AvgIpc) is 3.20. The van der Waals surface area contributed by atoms with Crippen LogP contribution in [0.3, 0.4) is 0 Å². The first kappa shape index (κ1) is 17.7. The Morgan fingerprint density at radius 2 is 2.12 bits per heavy atom. The molecule has 126 valence electrons. The first-order valence-electron chi connectivity index (χ1n) is 7.14. The third kappa shape index (κ3) is 4.20. The van der Waals surface area contributed by atoms with Gasteiger partial charge in [0.2, 0.25) is 0 Å². The monoisotopic (exact) mass is 350 g/mol. The molecular weight excluding hydrogens is 335 g/mol. The summed E-state index contributed by atoms with van der Waals surface area (Å²) in [5.41, 5.74) is 1.50. The van der Waals surface area contributed by atoms with Crippen molar-refractivity contribution in [2.45, 2.75) is 20.0 Å². The highest BCUT2D eigenvalue weighted by atomic mass is 35.5. The molecule has 24 heavy (non-hydrogen) atoms. The lowest BCUT2D eigenvalue weighted by atomic mass is 10.2. The molecular formula is C16H16ClFN4O2. The van der Waals surface area contributed by atoms with Gasteiger partial charge < -0.3 is 14.2 Å². The smallest absolute Gasteiger partial charge is 0.290 e. The van der Waals surface area contributed by atoms with Crippen LogP contribution in [0.25, 0.3) is 11.4 Å². The number of carbonyl (C=O) groups is 1. The molecule has 0 spiro atoms. The van der Waals surface area contributed by atoms with E-state index in [-0.39, 0.29) is 12.3 Å². The molecule has 0 amide bonds. The first-order valence-corrected chi connectivity index (χ1v) is 7.51. The third-order valence-corrected chi connectivity index (χ3v) is 3.60. The second kappa shape index (κ2) is 8.26. The number of carboxylic acid groups (broad SMARTS) is 1. The molecule has 3 rings (SSSR count). The van der Waals surface area contributed by atoms with Crippen molar-refractivity contribution in [1.82, 2.24) is 19.1 Å². The van der Waals surface area contributed by atoms with Crippen molar-refractivity contribution < 1.29 is 14.3 Å². The normalized spacial score (nSPS) is 10.1. The third-order valence-electron chi connectivity index (χ3n) is 3.27. The lowest BCUT2D eigenvalue weighted by Crippen LogP contribution is -2.02. The maximum atomic E-state index is 13.4. The number of imidazole rings is 2. The number of hydrogen-bond acceptors (Lipinski definition) is 3. The molecule has 1 aromatic carbocycles. The van der Waals surface area contributed by atoms with Gasteiger partial charge >= 0.3 is 0 Å². The second-order valence-electron chi connectivity index (χ2n) is 4.80. The van der Waals surface area contributed by atoms with Crippen molar-refractivity contribution in [1.29, 1.82) is 0 Å². The van der Waals surface area contributed by atoms with Crippen molar-refractivity contribution in [3.8, 4) is 11.4 Å². The molecule has 0 bridgehead atoms. The SMILES string of the molecule is CCn1cnc(Cn2ccnc2-c2cc(F)ccc2Cl)c1.O=CO. The summed E-state index contributed by atoms with van der Waals surface area (Å²) in [6.45, 7) is 3.25. The quantitative estimate of drug-likeness (QED) is 0.733. The van der Waals surface area contributed by atoms with Crippen LogP contribution in [0.1, 0.15) is 12.6 Å². The zero-order valence-electron chi connectivity index (χ0n) is 12.9. The van der Waals surface area contributed by atoms with Crippen molar-refractivity contribution >= 4 is 18.1 Å². The maximum absolute atomic E-state index is 13.4. The van der Waals surface area contributed by atoms with Crippen LogP contribution in [-0.4, -0.2) is 30.7 Å². The largest absolute Gasteiger partial charge is 0.483 e. The molecule has 0 aliphatic carbocycles. The number of aromatic nitrogens is 4. The summed E-state index contributed by atoms with van der Waals surface area (Å²) in [5, 5.41) is 7.36. The van der Waals surface area contributed by atoms with Crippen LogP contribution in [0.5, 0.6) is 0 Å². The Kier molecular flexibility index (Phi) is 6.08. The molecule has 1 N–H and O–H groups in total. The molecule has 0 atom stereocenters. The topological polar surface area (TPSA) is 72.9 Å². The van der Waals surface area contributed by atoms with E-state index in [4.69, 9.17) is 21.5 Å². The van der Waals surface area contributed by atoms with E-state index in [0.29, 0.717) is 23.0 Å². The van der Waals surface area contributed by atoms with E-state index in [0.717, 1.165) is 12.2 Å². The highest BCUT2D eigenvalue weighted by molar-refractivity contribution is 6.33. The fraction of sp³-hybridized carbons (Fsp3) is 0.188. The molecule has 0 saturated heterocycles. The molecule has 0 saturated carbocycles. The van der Waals surface area contributed by atoms with Crippen molar-refractivity contribution in [2.24, 2.45) is 0 Å². The summed E-state index contributed by atoms with van der Waals surface area (Å²) in [6.07, 6.45) is 7.28. The second-order valence-corrected chi connectivity index (χ2v) is 5.21. The van der Waals surface area contributed by atoms with E-state index in [2.05, 4.69) is 16.9 Å². The lowest BCUT2D eigenvalue weighted by molar-refractivity contribution is -0.122. The Morgan fingerprint density at radius 1 is 1.38 bits per heavy atom. The van der Waals surface area contributed by atoms with Gasteiger partial charge in [-0.15, -0.1) is 0 Å². The molecule has 0 aliphatic heterocycles. The maximum Gasteiger partial charge on any atom is 0.290 e. The number of halogens is 2. The van der Waals surface area contributed by atoms with E-state index in [9.17, 15) is 4.39 Å². The van der Waals surface area contributed by atoms with E-state index < -0.39 is 0 Å². The standard InChI is InChI=1S/C15H14ClFN4.CH2O2/c1-2-20-8-12(19-10-20)9-21-6-5-18-15(21)13-7-11(17)3-4-14(13)16;2-1-3/h3-8,10H,2,9H2,1H3;1H,(H,2,3). The van der Waals surface area contributed by atoms with Gasteiger partial charge in [0.1, 0.15) is 11.6 Å². The molecule has 0 fully saturated rings. The minimum Gasteiger partial charge on any atom is -0.483 e. The minimum absolute atomic E-state index is 0.250. The number of aryl methyl sites for hydroxylation is 1. The predicted molar refractivity (Wildman–Crippen MR) is 88.3 cm³/mol. The zero-order chi connectivity index (χ0) is 17.5. The van der Waals surface area contributed by atoms with Gasteiger partial charge in [-0.05, 0) is 25.1 Å².